The first-order chi connectivity index (χ1) is 10.6. The van der Waals surface area contributed by atoms with Gasteiger partial charge in [-0.05, 0) is 23.3 Å². The Labute approximate surface area is 141 Å². The first-order valence-electron chi connectivity index (χ1n) is 9.66. The number of benzene rings is 1. The molecule has 130 valence electrons. The van der Waals surface area contributed by atoms with Crippen molar-refractivity contribution in [2.75, 3.05) is 0 Å². The fraction of sp³-hybridized carbons (Fsp3) is 0.727. The fourth-order valence-electron chi connectivity index (χ4n) is 2.64. The van der Waals surface area contributed by atoms with Crippen molar-refractivity contribution in [1.82, 2.24) is 0 Å². The maximum absolute atomic E-state index is 2.36. The van der Waals surface area contributed by atoms with Crippen molar-refractivity contribution in [2.24, 2.45) is 11.8 Å². The Kier molecular flexibility index (Phi) is 17.7. The molecule has 0 aromatic heterocycles. The second kappa shape index (κ2) is 16.6. The molecular weight excluding hydrogens is 264 g/mol. The van der Waals surface area contributed by atoms with Crippen molar-refractivity contribution in [2.45, 2.75) is 93.4 Å². The zero-order chi connectivity index (χ0) is 17.4. The molecule has 22 heavy (non-hydrogen) atoms. The first kappa shape index (κ1) is 23.5. The second-order valence-electron chi connectivity index (χ2n) is 6.21. The van der Waals surface area contributed by atoms with Crippen molar-refractivity contribution in [3.8, 4) is 0 Å². The van der Waals surface area contributed by atoms with Crippen LogP contribution in [0, 0.1) is 11.8 Å². The highest BCUT2D eigenvalue weighted by Crippen LogP contribution is 2.29. The summed E-state index contributed by atoms with van der Waals surface area (Å²) in [7, 11) is 0. The van der Waals surface area contributed by atoms with Crippen LogP contribution in [0.2, 0.25) is 0 Å². The van der Waals surface area contributed by atoms with E-state index in [2.05, 4.69) is 52.0 Å². The van der Waals surface area contributed by atoms with E-state index in [9.17, 15) is 0 Å². The maximum atomic E-state index is 2.36. The monoisotopic (exact) mass is 306 g/mol. The Balaban J connectivity index is 0. The number of hydrogen-bond acceptors (Lipinski definition) is 0. The second-order valence-corrected chi connectivity index (χ2v) is 6.21. The van der Waals surface area contributed by atoms with E-state index in [0.29, 0.717) is 5.92 Å². The van der Waals surface area contributed by atoms with Crippen LogP contribution in [0.1, 0.15) is 99.0 Å². The van der Waals surface area contributed by atoms with Crippen LogP contribution in [-0.4, -0.2) is 0 Å². The molecule has 0 spiro atoms. The first-order valence-corrected chi connectivity index (χ1v) is 9.66. The molecule has 1 fully saturated rings. The van der Waals surface area contributed by atoms with Crippen LogP contribution in [-0.2, 0) is 0 Å². The molecule has 0 saturated heterocycles. The van der Waals surface area contributed by atoms with Crippen LogP contribution in [0.5, 0.6) is 0 Å². The van der Waals surface area contributed by atoms with Crippen LogP contribution < -0.4 is 0 Å². The quantitative estimate of drug-likeness (QED) is 0.518. The lowest BCUT2D eigenvalue weighted by Crippen LogP contribution is -2.12. The molecule has 0 atom stereocenters. The summed E-state index contributed by atoms with van der Waals surface area (Å²) < 4.78 is 0. The van der Waals surface area contributed by atoms with E-state index in [1.165, 1.54) is 37.7 Å². The van der Waals surface area contributed by atoms with Gasteiger partial charge in [0.15, 0.2) is 0 Å². The highest BCUT2D eigenvalue weighted by atomic mass is 14.2. The zero-order valence-electron chi connectivity index (χ0n) is 16.7. The average Bonchev–Trinajstić information content (AvgIpc) is 2.60. The summed E-state index contributed by atoms with van der Waals surface area (Å²) in [6.07, 6.45) is 7.46. The average molecular weight is 307 g/mol. The van der Waals surface area contributed by atoms with Gasteiger partial charge in [0.25, 0.3) is 0 Å². The van der Waals surface area contributed by atoms with Crippen molar-refractivity contribution < 1.29 is 0 Å². The number of hydrogen-bond donors (Lipinski definition) is 0. The fourth-order valence-corrected chi connectivity index (χ4v) is 2.64. The molecule has 2 rings (SSSR count). The topological polar surface area (TPSA) is 0 Å². The Bertz CT molecular complexity index is 291. The van der Waals surface area contributed by atoms with Crippen molar-refractivity contribution in [1.29, 1.82) is 0 Å². The van der Waals surface area contributed by atoms with Gasteiger partial charge in [-0.15, -0.1) is 0 Å². The molecule has 0 unspecified atom stereocenters. The van der Waals surface area contributed by atoms with Gasteiger partial charge in [0.05, 0.1) is 0 Å². The molecular formula is C22H42. The normalized spacial score (nSPS) is 14.1. The molecule has 0 radical (unpaired) electrons. The third kappa shape index (κ3) is 11.8. The minimum absolute atomic E-state index is 0.659. The summed E-state index contributed by atoms with van der Waals surface area (Å²) in [4.78, 5) is 0. The molecule has 1 aromatic rings. The van der Waals surface area contributed by atoms with E-state index in [1.807, 2.05) is 33.8 Å². The molecule has 0 nitrogen and oxygen atoms in total. The van der Waals surface area contributed by atoms with Crippen molar-refractivity contribution in [3.05, 3.63) is 35.9 Å². The van der Waals surface area contributed by atoms with Gasteiger partial charge in [0, 0.05) is 0 Å². The summed E-state index contributed by atoms with van der Waals surface area (Å²) in [5.41, 5.74) is 1.41. The smallest absolute Gasteiger partial charge is 0.0219 e. The highest BCUT2D eigenvalue weighted by Gasteiger charge is 2.15. The minimum atomic E-state index is 0.659. The molecule has 0 heterocycles. The number of rotatable bonds is 2. The Morgan fingerprint density at radius 3 is 1.45 bits per heavy atom. The van der Waals surface area contributed by atoms with E-state index in [1.54, 1.807) is 0 Å². The molecule has 1 aliphatic rings. The minimum Gasteiger partial charge on any atom is -0.0683 e. The third-order valence-corrected chi connectivity index (χ3v) is 4.06. The van der Waals surface area contributed by atoms with E-state index in [0.717, 1.165) is 11.8 Å². The maximum Gasteiger partial charge on any atom is -0.0219 e. The SMILES string of the molecule is CC.CC.CC(C)C1CCCCC1.CC(C)c1ccccc1. The standard InChI is InChI=1S/C9H18.C9H12.2C2H6/c2*1-8(2)9-6-4-3-5-7-9;2*1-2/h8-9H,3-7H2,1-2H3;3-8H,1-2H3;2*1-2H3. The molecule has 0 bridgehead atoms. The van der Waals surface area contributed by atoms with Gasteiger partial charge in [-0.2, -0.15) is 0 Å². The van der Waals surface area contributed by atoms with Crippen molar-refractivity contribution in [3.63, 3.8) is 0 Å². The summed E-state index contributed by atoms with van der Waals surface area (Å²) >= 11 is 0. The largest absolute Gasteiger partial charge is 0.0683 e. The van der Waals surface area contributed by atoms with Gasteiger partial charge in [0.2, 0.25) is 0 Å². The van der Waals surface area contributed by atoms with Crippen LogP contribution in [0.25, 0.3) is 0 Å². The van der Waals surface area contributed by atoms with E-state index < -0.39 is 0 Å². The lowest BCUT2D eigenvalue weighted by Gasteiger charge is -2.24. The van der Waals surface area contributed by atoms with Crippen LogP contribution in [0.4, 0.5) is 0 Å². The third-order valence-electron chi connectivity index (χ3n) is 4.06. The predicted octanol–water partition coefficient (Wildman–Crippen LogP) is 8.09. The summed E-state index contributed by atoms with van der Waals surface area (Å²) in [6.45, 7) is 17.1. The van der Waals surface area contributed by atoms with Crippen LogP contribution >= 0.6 is 0 Å². The Morgan fingerprint density at radius 2 is 1.18 bits per heavy atom. The molecule has 0 aliphatic heterocycles. The van der Waals surface area contributed by atoms with E-state index in [4.69, 9.17) is 0 Å². The van der Waals surface area contributed by atoms with Gasteiger partial charge in [-0.3, -0.25) is 0 Å². The van der Waals surface area contributed by atoms with Crippen LogP contribution in [0.15, 0.2) is 30.3 Å². The lowest BCUT2D eigenvalue weighted by molar-refractivity contribution is 0.279. The Hall–Kier alpha value is -0.780. The molecule has 1 saturated carbocycles. The molecule has 1 aliphatic carbocycles. The summed E-state index contributed by atoms with van der Waals surface area (Å²) in [5, 5.41) is 0. The van der Waals surface area contributed by atoms with Gasteiger partial charge in [-0.25, -0.2) is 0 Å². The zero-order valence-corrected chi connectivity index (χ0v) is 16.7. The molecule has 0 amide bonds. The molecule has 1 aromatic carbocycles. The summed E-state index contributed by atoms with van der Waals surface area (Å²) in [5.74, 6) is 2.65. The van der Waals surface area contributed by atoms with Gasteiger partial charge < -0.3 is 0 Å². The highest BCUT2D eigenvalue weighted by molar-refractivity contribution is 5.17. The lowest BCUT2D eigenvalue weighted by atomic mass is 9.82. The summed E-state index contributed by atoms with van der Waals surface area (Å²) in [6, 6.07) is 10.5. The van der Waals surface area contributed by atoms with Crippen LogP contribution in [0.3, 0.4) is 0 Å². The Morgan fingerprint density at radius 1 is 0.727 bits per heavy atom. The van der Waals surface area contributed by atoms with Gasteiger partial charge >= 0.3 is 0 Å². The van der Waals surface area contributed by atoms with E-state index in [-0.39, 0.29) is 0 Å². The predicted molar refractivity (Wildman–Crippen MR) is 105 cm³/mol. The van der Waals surface area contributed by atoms with Gasteiger partial charge in [-0.1, -0.05) is 118 Å². The molecule has 0 heteroatoms. The van der Waals surface area contributed by atoms with Crippen molar-refractivity contribution >= 4 is 0 Å². The van der Waals surface area contributed by atoms with E-state index >= 15 is 0 Å². The van der Waals surface area contributed by atoms with Gasteiger partial charge in [0.1, 0.15) is 0 Å². The molecule has 0 N–H and O–H groups in total.